The van der Waals surface area contributed by atoms with E-state index in [2.05, 4.69) is 14.8 Å². The van der Waals surface area contributed by atoms with Gasteiger partial charge in [0.05, 0.1) is 5.56 Å². The first-order valence-corrected chi connectivity index (χ1v) is 9.40. The van der Waals surface area contributed by atoms with Gasteiger partial charge in [-0.2, -0.15) is 16.3 Å². The zero-order chi connectivity index (χ0) is 16.4. The number of carbonyl (C=O) groups excluding carboxylic acids is 1. The summed E-state index contributed by atoms with van der Waals surface area (Å²) in [5.74, 6) is 1.94. The zero-order valence-corrected chi connectivity index (χ0v) is 14.4. The summed E-state index contributed by atoms with van der Waals surface area (Å²) in [5.41, 5.74) is 0.798. The molecule has 0 unspecified atom stereocenters. The molecular formula is C17H21N5OS. The lowest BCUT2D eigenvalue weighted by atomic mass is 10.2. The van der Waals surface area contributed by atoms with Crippen LogP contribution in [0.15, 0.2) is 29.1 Å². The molecule has 2 aliphatic heterocycles. The van der Waals surface area contributed by atoms with Crippen LogP contribution in [0.25, 0.3) is 0 Å². The smallest absolute Gasteiger partial charge is 0.254 e. The Hall–Kier alpha value is -2.15. The minimum atomic E-state index is 0.136. The van der Waals surface area contributed by atoms with Gasteiger partial charge in [0.25, 0.3) is 5.91 Å². The molecule has 4 rings (SSSR count). The molecule has 2 aromatic heterocycles. The Balaban J connectivity index is 1.40. The van der Waals surface area contributed by atoms with Crippen LogP contribution in [-0.2, 0) is 0 Å². The third kappa shape index (κ3) is 3.08. The van der Waals surface area contributed by atoms with Gasteiger partial charge in [-0.05, 0) is 30.4 Å². The molecule has 1 amide bonds. The van der Waals surface area contributed by atoms with Crippen molar-refractivity contribution in [2.45, 2.75) is 12.8 Å². The van der Waals surface area contributed by atoms with E-state index in [1.807, 2.05) is 34.0 Å². The average molecular weight is 343 g/mol. The second kappa shape index (κ2) is 6.76. The zero-order valence-electron chi connectivity index (χ0n) is 13.6. The van der Waals surface area contributed by atoms with E-state index >= 15 is 0 Å². The highest BCUT2D eigenvalue weighted by atomic mass is 32.1. The number of amides is 1. The standard InChI is InChI=1S/C17H21N5OS/c23-16(14-4-12-24-13-14)21-10-8-20(9-11-21)15-3-5-18-17(19-15)22-6-1-2-7-22/h3-5,12-13H,1-2,6-11H2. The number of anilines is 2. The van der Waals surface area contributed by atoms with Crippen LogP contribution in [0.1, 0.15) is 23.2 Å². The van der Waals surface area contributed by atoms with Crippen LogP contribution in [-0.4, -0.2) is 60.0 Å². The summed E-state index contributed by atoms with van der Waals surface area (Å²) < 4.78 is 0. The van der Waals surface area contributed by atoms with Gasteiger partial charge < -0.3 is 14.7 Å². The minimum Gasteiger partial charge on any atom is -0.353 e. The fourth-order valence-electron chi connectivity index (χ4n) is 3.29. The molecule has 2 saturated heterocycles. The first kappa shape index (κ1) is 15.4. The van der Waals surface area contributed by atoms with Crippen LogP contribution in [0, 0.1) is 0 Å². The lowest BCUT2D eigenvalue weighted by Crippen LogP contribution is -2.49. The van der Waals surface area contributed by atoms with Crippen molar-refractivity contribution >= 4 is 29.0 Å². The van der Waals surface area contributed by atoms with Crippen LogP contribution in [0.3, 0.4) is 0 Å². The molecule has 0 N–H and O–H groups in total. The van der Waals surface area contributed by atoms with Gasteiger partial charge in [-0.25, -0.2) is 4.98 Å². The van der Waals surface area contributed by atoms with Gasteiger partial charge in [-0.15, -0.1) is 0 Å². The fraction of sp³-hybridized carbons (Fsp3) is 0.471. The molecule has 0 atom stereocenters. The molecule has 2 aliphatic rings. The predicted octanol–water partition coefficient (Wildman–Crippen LogP) is 2.10. The van der Waals surface area contributed by atoms with Crippen molar-refractivity contribution in [3.8, 4) is 0 Å². The van der Waals surface area contributed by atoms with Crippen LogP contribution in [0.4, 0.5) is 11.8 Å². The minimum absolute atomic E-state index is 0.136. The Labute approximate surface area is 145 Å². The second-order valence-corrected chi connectivity index (χ2v) is 6.98. The van der Waals surface area contributed by atoms with E-state index in [4.69, 9.17) is 4.98 Å². The lowest BCUT2D eigenvalue weighted by molar-refractivity contribution is 0.0747. The highest BCUT2D eigenvalue weighted by Gasteiger charge is 2.24. The van der Waals surface area contributed by atoms with E-state index in [1.54, 1.807) is 11.3 Å². The summed E-state index contributed by atoms with van der Waals surface area (Å²) in [6.45, 7) is 5.19. The number of aromatic nitrogens is 2. The lowest BCUT2D eigenvalue weighted by Gasteiger charge is -2.35. The molecule has 126 valence electrons. The molecule has 0 aromatic carbocycles. The maximum absolute atomic E-state index is 12.4. The number of hydrogen-bond acceptors (Lipinski definition) is 6. The van der Waals surface area contributed by atoms with Gasteiger partial charge in [0.15, 0.2) is 0 Å². The van der Waals surface area contributed by atoms with E-state index in [1.165, 1.54) is 12.8 Å². The highest BCUT2D eigenvalue weighted by Crippen LogP contribution is 2.20. The topological polar surface area (TPSA) is 52.6 Å². The Bertz CT molecular complexity index is 691. The first-order valence-electron chi connectivity index (χ1n) is 8.46. The van der Waals surface area contributed by atoms with Crippen molar-refractivity contribution < 1.29 is 4.79 Å². The molecule has 2 aromatic rings. The van der Waals surface area contributed by atoms with Crippen LogP contribution < -0.4 is 9.80 Å². The van der Waals surface area contributed by atoms with E-state index in [0.717, 1.165) is 56.6 Å². The average Bonchev–Trinajstić information content (AvgIpc) is 3.35. The van der Waals surface area contributed by atoms with Gasteiger partial charge in [-0.3, -0.25) is 4.79 Å². The molecule has 0 bridgehead atoms. The molecule has 0 radical (unpaired) electrons. The molecule has 24 heavy (non-hydrogen) atoms. The summed E-state index contributed by atoms with van der Waals surface area (Å²) in [4.78, 5) is 28.0. The van der Waals surface area contributed by atoms with Crippen molar-refractivity contribution in [2.24, 2.45) is 0 Å². The molecule has 6 nitrogen and oxygen atoms in total. The van der Waals surface area contributed by atoms with Crippen LogP contribution in [0.5, 0.6) is 0 Å². The predicted molar refractivity (Wildman–Crippen MR) is 95.9 cm³/mol. The summed E-state index contributed by atoms with van der Waals surface area (Å²) in [7, 11) is 0. The quantitative estimate of drug-likeness (QED) is 0.854. The number of rotatable bonds is 3. The summed E-state index contributed by atoms with van der Waals surface area (Å²) in [6, 6.07) is 3.86. The number of nitrogens with zero attached hydrogens (tertiary/aromatic N) is 5. The molecule has 2 fully saturated rings. The highest BCUT2D eigenvalue weighted by molar-refractivity contribution is 7.08. The molecule has 7 heteroatoms. The molecule has 4 heterocycles. The number of hydrogen-bond donors (Lipinski definition) is 0. The van der Waals surface area contributed by atoms with E-state index in [9.17, 15) is 4.79 Å². The van der Waals surface area contributed by atoms with Crippen molar-refractivity contribution in [2.75, 3.05) is 49.1 Å². The van der Waals surface area contributed by atoms with E-state index in [0.29, 0.717) is 0 Å². The van der Waals surface area contributed by atoms with Gasteiger partial charge >= 0.3 is 0 Å². The SMILES string of the molecule is O=C(c1ccsc1)N1CCN(c2ccnc(N3CCCC3)n2)CC1. The maximum Gasteiger partial charge on any atom is 0.254 e. The fourth-order valence-corrected chi connectivity index (χ4v) is 3.92. The summed E-state index contributed by atoms with van der Waals surface area (Å²) >= 11 is 1.56. The number of carbonyl (C=O) groups is 1. The number of thiophene rings is 1. The second-order valence-electron chi connectivity index (χ2n) is 6.20. The summed E-state index contributed by atoms with van der Waals surface area (Å²) in [5, 5.41) is 3.87. The molecule has 0 saturated carbocycles. The first-order chi connectivity index (χ1) is 11.8. The monoisotopic (exact) mass is 343 g/mol. The van der Waals surface area contributed by atoms with Crippen molar-refractivity contribution in [1.29, 1.82) is 0 Å². The Morgan fingerprint density at radius 1 is 1.00 bits per heavy atom. The maximum atomic E-state index is 12.4. The van der Waals surface area contributed by atoms with Gasteiger partial charge in [0, 0.05) is 50.8 Å². The summed E-state index contributed by atoms with van der Waals surface area (Å²) in [6.07, 6.45) is 4.28. The van der Waals surface area contributed by atoms with Gasteiger partial charge in [-0.1, -0.05) is 0 Å². The molecular weight excluding hydrogens is 322 g/mol. The third-order valence-electron chi connectivity index (χ3n) is 4.68. The van der Waals surface area contributed by atoms with Crippen molar-refractivity contribution in [3.63, 3.8) is 0 Å². The van der Waals surface area contributed by atoms with E-state index in [-0.39, 0.29) is 5.91 Å². The van der Waals surface area contributed by atoms with Gasteiger partial charge in [0.2, 0.25) is 5.95 Å². The van der Waals surface area contributed by atoms with E-state index < -0.39 is 0 Å². The largest absolute Gasteiger partial charge is 0.353 e. The number of piperazine rings is 1. The van der Waals surface area contributed by atoms with Crippen molar-refractivity contribution in [1.82, 2.24) is 14.9 Å². The van der Waals surface area contributed by atoms with Crippen molar-refractivity contribution in [3.05, 3.63) is 34.7 Å². The third-order valence-corrected chi connectivity index (χ3v) is 5.36. The molecule has 0 spiro atoms. The Morgan fingerprint density at radius 3 is 2.50 bits per heavy atom. The Kier molecular flexibility index (Phi) is 4.34. The Morgan fingerprint density at radius 2 is 1.79 bits per heavy atom. The van der Waals surface area contributed by atoms with Gasteiger partial charge in [0.1, 0.15) is 5.82 Å². The molecule has 0 aliphatic carbocycles. The van der Waals surface area contributed by atoms with Crippen LogP contribution in [0.2, 0.25) is 0 Å². The van der Waals surface area contributed by atoms with Crippen LogP contribution >= 0.6 is 11.3 Å². The normalized spacial score (nSPS) is 18.2.